The van der Waals surface area contributed by atoms with Gasteiger partial charge in [0.15, 0.2) is 0 Å². The molecule has 136 valence electrons. The molecule has 1 fully saturated rings. The van der Waals surface area contributed by atoms with Gasteiger partial charge in [-0.3, -0.25) is 0 Å². The molecule has 2 rings (SSSR count). The van der Waals surface area contributed by atoms with Crippen molar-refractivity contribution >= 4 is 20.0 Å². The van der Waals surface area contributed by atoms with Gasteiger partial charge in [0, 0.05) is 39.3 Å². The maximum absolute atomic E-state index is 13.0. The molecule has 0 unspecified atom stereocenters. The van der Waals surface area contributed by atoms with E-state index in [1.54, 1.807) is 6.92 Å². The summed E-state index contributed by atoms with van der Waals surface area (Å²) in [4.78, 5) is -0.0506. The minimum absolute atomic E-state index is 0.0506. The van der Waals surface area contributed by atoms with Gasteiger partial charge in [-0.1, -0.05) is 6.92 Å². The molecule has 1 aliphatic heterocycles. The van der Waals surface area contributed by atoms with Gasteiger partial charge >= 0.3 is 0 Å². The van der Waals surface area contributed by atoms with Gasteiger partial charge in [0.2, 0.25) is 20.0 Å². The summed E-state index contributed by atoms with van der Waals surface area (Å²) in [5, 5.41) is 3.07. The standard InChI is InChI=1S/C14H22FN3O4S2/c1-2-17(24(21,22)14-5-3-13(15)4-6-14)11-12-23(19,20)18-9-7-16-8-10-18/h3-6,16H,2,7-12H2,1H3. The SMILES string of the molecule is CCN(CCS(=O)(=O)N1CCNCC1)S(=O)(=O)c1ccc(F)cc1. The van der Waals surface area contributed by atoms with Crippen molar-refractivity contribution in [1.82, 2.24) is 13.9 Å². The van der Waals surface area contributed by atoms with Crippen LogP contribution in [0.2, 0.25) is 0 Å². The predicted molar refractivity (Wildman–Crippen MR) is 89.1 cm³/mol. The van der Waals surface area contributed by atoms with Crippen LogP contribution in [0.3, 0.4) is 0 Å². The van der Waals surface area contributed by atoms with Crippen LogP contribution in [-0.4, -0.2) is 70.5 Å². The van der Waals surface area contributed by atoms with Crippen molar-refractivity contribution in [3.05, 3.63) is 30.1 Å². The Hall–Kier alpha value is -1.07. The molecule has 0 atom stereocenters. The Morgan fingerprint density at radius 1 is 1.12 bits per heavy atom. The van der Waals surface area contributed by atoms with Crippen LogP contribution in [0, 0.1) is 5.82 Å². The smallest absolute Gasteiger partial charge is 0.243 e. The molecule has 1 aromatic carbocycles. The largest absolute Gasteiger partial charge is 0.314 e. The van der Waals surface area contributed by atoms with Crippen LogP contribution in [0.4, 0.5) is 4.39 Å². The van der Waals surface area contributed by atoms with Crippen LogP contribution >= 0.6 is 0 Å². The molecule has 24 heavy (non-hydrogen) atoms. The maximum Gasteiger partial charge on any atom is 0.243 e. The molecular formula is C14H22FN3O4S2. The highest BCUT2D eigenvalue weighted by molar-refractivity contribution is 7.90. The van der Waals surface area contributed by atoms with E-state index in [-0.39, 0.29) is 23.7 Å². The maximum atomic E-state index is 13.0. The zero-order chi connectivity index (χ0) is 17.8. The van der Waals surface area contributed by atoms with Crippen molar-refractivity contribution in [2.24, 2.45) is 0 Å². The summed E-state index contributed by atoms with van der Waals surface area (Å²) >= 11 is 0. The van der Waals surface area contributed by atoms with Gasteiger partial charge in [-0.2, -0.15) is 8.61 Å². The van der Waals surface area contributed by atoms with E-state index in [0.29, 0.717) is 26.2 Å². The Bertz CT molecular complexity index is 745. The molecule has 0 aliphatic carbocycles. The number of halogens is 1. The fourth-order valence-corrected chi connectivity index (χ4v) is 5.49. The Balaban J connectivity index is 2.09. The van der Waals surface area contributed by atoms with E-state index in [9.17, 15) is 21.2 Å². The molecule has 0 bridgehead atoms. The third kappa shape index (κ3) is 4.51. The minimum atomic E-state index is -3.85. The van der Waals surface area contributed by atoms with Crippen LogP contribution in [0.1, 0.15) is 6.92 Å². The molecule has 1 aliphatic rings. The van der Waals surface area contributed by atoms with E-state index < -0.39 is 25.9 Å². The predicted octanol–water partition coefficient (Wildman–Crippen LogP) is 0.0713. The third-order valence-electron chi connectivity index (χ3n) is 3.87. The van der Waals surface area contributed by atoms with Crippen LogP contribution < -0.4 is 5.32 Å². The average molecular weight is 379 g/mol. The lowest BCUT2D eigenvalue weighted by molar-refractivity contribution is 0.357. The number of benzene rings is 1. The summed E-state index contributed by atoms with van der Waals surface area (Å²) in [6.07, 6.45) is 0. The highest BCUT2D eigenvalue weighted by Gasteiger charge is 2.28. The molecule has 7 nitrogen and oxygen atoms in total. The first-order valence-electron chi connectivity index (χ1n) is 7.71. The fraction of sp³-hybridized carbons (Fsp3) is 0.571. The Labute approximate surface area is 142 Å². The van der Waals surface area contributed by atoms with E-state index in [1.165, 1.54) is 16.4 Å². The van der Waals surface area contributed by atoms with Crippen LogP contribution in [0.25, 0.3) is 0 Å². The second-order valence-corrected chi connectivity index (χ2v) is 9.44. The summed E-state index contributed by atoms with van der Waals surface area (Å²) in [6.45, 7) is 3.59. The molecular weight excluding hydrogens is 357 g/mol. The fourth-order valence-electron chi connectivity index (χ4n) is 2.47. The number of hydrogen-bond acceptors (Lipinski definition) is 5. The Morgan fingerprint density at radius 2 is 1.71 bits per heavy atom. The van der Waals surface area contributed by atoms with Gasteiger partial charge in [0.25, 0.3) is 0 Å². The quantitative estimate of drug-likeness (QED) is 0.725. The number of piperazine rings is 1. The van der Waals surface area contributed by atoms with Crippen molar-refractivity contribution in [3.63, 3.8) is 0 Å². The summed E-state index contributed by atoms with van der Waals surface area (Å²) in [6, 6.07) is 4.49. The van der Waals surface area contributed by atoms with E-state index >= 15 is 0 Å². The Kier molecular flexibility index (Phi) is 6.32. The van der Waals surface area contributed by atoms with Gasteiger partial charge in [-0.25, -0.2) is 21.2 Å². The Morgan fingerprint density at radius 3 is 2.25 bits per heavy atom. The lowest BCUT2D eigenvalue weighted by Gasteiger charge is -2.28. The number of rotatable bonds is 7. The molecule has 0 radical (unpaired) electrons. The van der Waals surface area contributed by atoms with Gasteiger partial charge in [-0.15, -0.1) is 0 Å². The zero-order valence-corrected chi connectivity index (χ0v) is 15.1. The average Bonchev–Trinajstić information content (AvgIpc) is 2.56. The topological polar surface area (TPSA) is 86.8 Å². The van der Waals surface area contributed by atoms with Gasteiger partial charge < -0.3 is 5.32 Å². The van der Waals surface area contributed by atoms with Gasteiger partial charge in [0.05, 0.1) is 10.6 Å². The number of sulfonamides is 2. The van der Waals surface area contributed by atoms with E-state index in [2.05, 4.69) is 5.32 Å². The molecule has 0 saturated carbocycles. The number of hydrogen-bond donors (Lipinski definition) is 1. The van der Waals surface area contributed by atoms with Gasteiger partial charge in [-0.05, 0) is 24.3 Å². The molecule has 0 aromatic heterocycles. The lowest BCUT2D eigenvalue weighted by atomic mass is 10.4. The molecule has 0 amide bonds. The summed E-state index contributed by atoms with van der Waals surface area (Å²) < 4.78 is 65.2. The molecule has 1 aromatic rings. The van der Waals surface area contributed by atoms with E-state index in [0.717, 1.165) is 16.4 Å². The molecule has 10 heteroatoms. The summed E-state index contributed by atoms with van der Waals surface area (Å²) in [5.74, 6) is -0.806. The first-order chi connectivity index (χ1) is 11.3. The molecule has 0 spiro atoms. The van der Waals surface area contributed by atoms with E-state index in [1.807, 2.05) is 0 Å². The van der Waals surface area contributed by atoms with Crippen LogP contribution in [0.5, 0.6) is 0 Å². The van der Waals surface area contributed by atoms with Crippen molar-refractivity contribution in [2.45, 2.75) is 11.8 Å². The van der Waals surface area contributed by atoms with Crippen molar-refractivity contribution < 1.29 is 21.2 Å². The first-order valence-corrected chi connectivity index (χ1v) is 10.8. The number of nitrogens with one attached hydrogen (secondary N) is 1. The second kappa shape index (κ2) is 7.87. The van der Waals surface area contributed by atoms with Crippen molar-refractivity contribution in [1.29, 1.82) is 0 Å². The monoisotopic (exact) mass is 379 g/mol. The normalized spacial score (nSPS) is 17.3. The molecule has 1 N–H and O–H groups in total. The highest BCUT2D eigenvalue weighted by Crippen LogP contribution is 2.16. The zero-order valence-electron chi connectivity index (χ0n) is 13.5. The minimum Gasteiger partial charge on any atom is -0.314 e. The molecule has 1 saturated heterocycles. The van der Waals surface area contributed by atoms with E-state index in [4.69, 9.17) is 0 Å². The summed E-state index contributed by atoms with van der Waals surface area (Å²) in [7, 11) is -7.36. The lowest BCUT2D eigenvalue weighted by Crippen LogP contribution is -2.48. The second-order valence-electron chi connectivity index (χ2n) is 5.42. The summed E-state index contributed by atoms with van der Waals surface area (Å²) in [5.41, 5.74) is 0. The van der Waals surface area contributed by atoms with Crippen LogP contribution in [-0.2, 0) is 20.0 Å². The highest BCUT2D eigenvalue weighted by atomic mass is 32.2. The molecule has 1 heterocycles. The van der Waals surface area contributed by atoms with Crippen molar-refractivity contribution in [2.75, 3.05) is 45.0 Å². The number of nitrogens with zero attached hydrogens (tertiary/aromatic N) is 2. The van der Waals surface area contributed by atoms with Crippen LogP contribution in [0.15, 0.2) is 29.2 Å². The van der Waals surface area contributed by atoms with Gasteiger partial charge in [0.1, 0.15) is 5.82 Å². The third-order valence-corrected chi connectivity index (χ3v) is 7.71. The first kappa shape index (κ1) is 19.3. The van der Waals surface area contributed by atoms with Crippen molar-refractivity contribution in [3.8, 4) is 0 Å².